The van der Waals surface area contributed by atoms with Gasteiger partial charge in [-0.05, 0) is 18.2 Å². The van der Waals surface area contributed by atoms with Gasteiger partial charge in [0, 0.05) is 19.0 Å². The SMILES string of the molecule is CCCCCCCCNC(=O)/C=C\SC(=O)CCCCCCC. The molecular formula is C19H35NO2S. The van der Waals surface area contributed by atoms with E-state index in [4.69, 9.17) is 0 Å². The van der Waals surface area contributed by atoms with Crippen LogP contribution in [0, 0.1) is 0 Å². The van der Waals surface area contributed by atoms with Gasteiger partial charge in [-0.25, -0.2) is 0 Å². The minimum atomic E-state index is -0.0956. The molecule has 4 heteroatoms. The smallest absolute Gasteiger partial charge is 0.244 e. The molecule has 0 saturated carbocycles. The van der Waals surface area contributed by atoms with Crippen LogP contribution >= 0.6 is 11.8 Å². The minimum absolute atomic E-state index is 0.0956. The fraction of sp³-hybridized carbons (Fsp3) is 0.789. The maximum absolute atomic E-state index is 11.6. The number of carbonyl (C=O) groups excluding carboxylic acids is 2. The zero-order valence-electron chi connectivity index (χ0n) is 15.1. The van der Waals surface area contributed by atoms with E-state index in [-0.39, 0.29) is 11.0 Å². The molecule has 1 N–H and O–H groups in total. The van der Waals surface area contributed by atoms with E-state index in [1.165, 1.54) is 57.4 Å². The average molecular weight is 342 g/mol. The Balaban J connectivity index is 3.47. The molecule has 0 aromatic heterocycles. The van der Waals surface area contributed by atoms with Crippen LogP contribution in [-0.2, 0) is 9.59 Å². The fourth-order valence-corrected chi connectivity index (χ4v) is 2.88. The lowest BCUT2D eigenvalue weighted by atomic mass is 10.1. The summed E-state index contributed by atoms with van der Waals surface area (Å²) in [6, 6.07) is 0. The first kappa shape index (κ1) is 22.2. The van der Waals surface area contributed by atoms with Crippen molar-refractivity contribution in [3.05, 3.63) is 11.5 Å². The van der Waals surface area contributed by atoms with Crippen molar-refractivity contribution in [2.75, 3.05) is 6.54 Å². The summed E-state index contributed by atoms with van der Waals surface area (Å²) in [7, 11) is 0. The van der Waals surface area contributed by atoms with Crippen molar-refractivity contribution in [1.29, 1.82) is 0 Å². The van der Waals surface area contributed by atoms with Gasteiger partial charge in [0.2, 0.25) is 5.91 Å². The second-order valence-corrected chi connectivity index (χ2v) is 6.98. The second-order valence-electron chi connectivity index (χ2n) is 6.02. The first-order valence-electron chi connectivity index (χ1n) is 9.34. The monoisotopic (exact) mass is 341 g/mol. The maximum Gasteiger partial charge on any atom is 0.244 e. The van der Waals surface area contributed by atoms with Gasteiger partial charge in [0.05, 0.1) is 0 Å². The van der Waals surface area contributed by atoms with Crippen molar-refractivity contribution >= 4 is 22.8 Å². The van der Waals surface area contributed by atoms with Crippen molar-refractivity contribution in [3.63, 3.8) is 0 Å². The Morgan fingerprint density at radius 2 is 1.39 bits per heavy atom. The number of thioether (sulfide) groups is 1. The van der Waals surface area contributed by atoms with E-state index in [2.05, 4.69) is 19.2 Å². The molecule has 0 heterocycles. The molecule has 0 rings (SSSR count). The fourth-order valence-electron chi connectivity index (χ4n) is 2.28. The number of hydrogen-bond donors (Lipinski definition) is 1. The molecule has 0 saturated heterocycles. The third kappa shape index (κ3) is 17.4. The van der Waals surface area contributed by atoms with Crippen molar-refractivity contribution in [2.45, 2.75) is 90.9 Å². The third-order valence-electron chi connectivity index (χ3n) is 3.73. The van der Waals surface area contributed by atoms with Gasteiger partial charge in [-0.3, -0.25) is 9.59 Å². The highest BCUT2D eigenvalue weighted by Gasteiger charge is 2.01. The highest BCUT2D eigenvalue weighted by molar-refractivity contribution is 8.16. The van der Waals surface area contributed by atoms with E-state index < -0.39 is 0 Å². The van der Waals surface area contributed by atoms with Crippen LogP contribution in [0.1, 0.15) is 90.9 Å². The lowest BCUT2D eigenvalue weighted by Crippen LogP contribution is -2.21. The quantitative estimate of drug-likeness (QED) is 0.311. The molecule has 0 unspecified atom stereocenters. The number of hydrogen-bond acceptors (Lipinski definition) is 3. The number of rotatable bonds is 15. The topological polar surface area (TPSA) is 46.2 Å². The normalized spacial score (nSPS) is 11.0. The van der Waals surface area contributed by atoms with Crippen molar-refractivity contribution in [2.24, 2.45) is 0 Å². The van der Waals surface area contributed by atoms with E-state index in [0.717, 1.165) is 37.6 Å². The van der Waals surface area contributed by atoms with Gasteiger partial charge in [0.25, 0.3) is 0 Å². The number of amides is 1. The predicted molar refractivity (Wildman–Crippen MR) is 101 cm³/mol. The van der Waals surface area contributed by atoms with Crippen LogP contribution in [0.5, 0.6) is 0 Å². The summed E-state index contributed by atoms with van der Waals surface area (Å²) in [6.07, 6.45) is 15.2. The van der Waals surface area contributed by atoms with E-state index in [1.807, 2.05) is 0 Å². The summed E-state index contributed by atoms with van der Waals surface area (Å²) < 4.78 is 0. The maximum atomic E-state index is 11.6. The Morgan fingerprint density at radius 3 is 2.04 bits per heavy atom. The average Bonchev–Trinajstić information content (AvgIpc) is 2.54. The molecule has 0 aliphatic rings. The molecule has 0 atom stereocenters. The zero-order valence-corrected chi connectivity index (χ0v) is 15.9. The first-order valence-corrected chi connectivity index (χ1v) is 10.2. The molecule has 0 spiro atoms. The Hall–Kier alpha value is -0.770. The molecule has 134 valence electrons. The largest absolute Gasteiger partial charge is 0.353 e. The molecule has 0 aliphatic heterocycles. The van der Waals surface area contributed by atoms with E-state index in [0.29, 0.717) is 6.42 Å². The standard InChI is InChI=1S/C19H35NO2S/c1-3-5-7-9-11-13-16-20-18(21)15-17-23-19(22)14-12-10-8-6-4-2/h15,17H,3-14,16H2,1-2H3,(H,20,21)/b17-15-. The van der Waals surface area contributed by atoms with Crippen molar-refractivity contribution in [3.8, 4) is 0 Å². The molecule has 0 aromatic rings. The van der Waals surface area contributed by atoms with Crippen LogP contribution in [0.15, 0.2) is 11.5 Å². The zero-order chi connectivity index (χ0) is 17.2. The van der Waals surface area contributed by atoms with Gasteiger partial charge in [-0.1, -0.05) is 83.4 Å². The van der Waals surface area contributed by atoms with E-state index in [9.17, 15) is 9.59 Å². The molecule has 0 aliphatic carbocycles. The van der Waals surface area contributed by atoms with Gasteiger partial charge >= 0.3 is 0 Å². The highest BCUT2D eigenvalue weighted by Crippen LogP contribution is 2.12. The summed E-state index contributed by atoms with van der Waals surface area (Å²) in [5.74, 6) is -0.0956. The Kier molecular flexibility index (Phi) is 17.0. The van der Waals surface area contributed by atoms with Gasteiger partial charge in [0.1, 0.15) is 0 Å². The van der Waals surface area contributed by atoms with Gasteiger partial charge in [-0.15, -0.1) is 0 Å². The number of carbonyl (C=O) groups is 2. The summed E-state index contributed by atoms with van der Waals surface area (Å²) in [4.78, 5) is 23.2. The van der Waals surface area contributed by atoms with Crippen LogP contribution in [0.3, 0.4) is 0 Å². The summed E-state index contributed by atoms with van der Waals surface area (Å²) in [5, 5.41) is 4.63. The van der Waals surface area contributed by atoms with E-state index in [1.54, 1.807) is 5.41 Å². The molecule has 1 amide bonds. The summed E-state index contributed by atoms with van der Waals surface area (Å²) in [6.45, 7) is 5.12. The second kappa shape index (κ2) is 17.6. The van der Waals surface area contributed by atoms with Crippen LogP contribution in [0.4, 0.5) is 0 Å². The van der Waals surface area contributed by atoms with Crippen molar-refractivity contribution in [1.82, 2.24) is 5.32 Å². The molecule has 0 aromatic carbocycles. The van der Waals surface area contributed by atoms with Crippen LogP contribution in [-0.4, -0.2) is 17.6 Å². The lowest BCUT2D eigenvalue weighted by molar-refractivity contribution is -0.116. The molecule has 0 fully saturated rings. The summed E-state index contributed by atoms with van der Waals surface area (Å²) in [5.41, 5.74) is 0. The Labute approximate surface area is 147 Å². The Bertz CT molecular complexity index is 329. The molecular weight excluding hydrogens is 306 g/mol. The Morgan fingerprint density at radius 1 is 0.826 bits per heavy atom. The van der Waals surface area contributed by atoms with Gasteiger partial charge in [-0.2, -0.15) is 0 Å². The molecule has 0 bridgehead atoms. The van der Waals surface area contributed by atoms with E-state index >= 15 is 0 Å². The lowest BCUT2D eigenvalue weighted by Gasteiger charge is -2.02. The molecule has 0 radical (unpaired) electrons. The van der Waals surface area contributed by atoms with Crippen LogP contribution in [0.25, 0.3) is 0 Å². The summed E-state index contributed by atoms with van der Waals surface area (Å²) >= 11 is 1.14. The van der Waals surface area contributed by atoms with Gasteiger partial charge in [0.15, 0.2) is 5.12 Å². The van der Waals surface area contributed by atoms with Crippen molar-refractivity contribution < 1.29 is 9.59 Å². The highest BCUT2D eigenvalue weighted by atomic mass is 32.2. The number of nitrogens with one attached hydrogen (secondary N) is 1. The minimum Gasteiger partial charge on any atom is -0.353 e. The molecule has 23 heavy (non-hydrogen) atoms. The van der Waals surface area contributed by atoms with Crippen LogP contribution in [0.2, 0.25) is 0 Å². The first-order chi connectivity index (χ1) is 11.2. The predicted octanol–water partition coefficient (Wildman–Crippen LogP) is 5.60. The van der Waals surface area contributed by atoms with Crippen LogP contribution < -0.4 is 5.32 Å². The van der Waals surface area contributed by atoms with Gasteiger partial charge < -0.3 is 5.32 Å². The number of unbranched alkanes of at least 4 members (excludes halogenated alkanes) is 9. The third-order valence-corrected chi connectivity index (χ3v) is 4.47. The molecule has 3 nitrogen and oxygen atoms in total.